The maximum Gasteiger partial charge on any atom is 0.441 e. The fourth-order valence-electron chi connectivity index (χ4n) is 1.28. The summed E-state index contributed by atoms with van der Waals surface area (Å²) in [6, 6.07) is 3.84. The van der Waals surface area contributed by atoms with Gasteiger partial charge in [0.15, 0.2) is 0 Å². The summed E-state index contributed by atoms with van der Waals surface area (Å²) in [5, 5.41) is 2.54. The summed E-state index contributed by atoms with van der Waals surface area (Å²) in [4.78, 5) is 0. The largest absolute Gasteiger partial charge is 0.441 e. The molecule has 0 amide bonds. The van der Waals surface area contributed by atoms with Crippen LogP contribution < -0.4 is 11.1 Å². The first kappa shape index (κ1) is 14.9. The van der Waals surface area contributed by atoms with Gasteiger partial charge in [0.05, 0.1) is 0 Å². The van der Waals surface area contributed by atoms with Crippen LogP contribution in [0.2, 0.25) is 0 Å². The Labute approximate surface area is 105 Å². The monoisotopic (exact) mass is 286 g/mol. The van der Waals surface area contributed by atoms with Gasteiger partial charge in [-0.1, -0.05) is 0 Å². The molecule has 0 unspecified atom stereocenters. The Hall–Kier alpha value is -1.18. The number of halogens is 5. The van der Waals surface area contributed by atoms with Crippen LogP contribution in [0, 0.1) is 0 Å². The molecular weight excluding hydrogens is 275 g/mol. The van der Waals surface area contributed by atoms with E-state index < -0.39 is 11.9 Å². The summed E-state index contributed by atoms with van der Waals surface area (Å²) in [7, 11) is 0. The van der Waals surface area contributed by atoms with Crippen molar-refractivity contribution in [2.45, 2.75) is 11.9 Å². The molecule has 0 aromatic heterocycles. The zero-order valence-corrected chi connectivity index (χ0v) is 9.92. The highest BCUT2D eigenvalue weighted by molar-refractivity contribution is 8.00. The van der Waals surface area contributed by atoms with Crippen molar-refractivity contribution < 1.29 is 22.0 Å². The van der Waals surface area contributed by atoms with E-state index in [0.29, 0.717) is 0 Å². The van der Waals surface area contributed by atoms with E-state index in [-0.39, 0.29) is 41.0 Å². The van der Waals surface area contributed by atoms with E-state index in [9.17, 15) is 22.0 Å². The smallest absolute Gasteiger partial charge is 0.399 e. The second-order valence-corrected chi connectivity index (χ2v) is 4.53. The summed E-state index contributed by atoms with van der Waals surface area (Å²) >= 11 is -0.204. The molecule has 0 spiro atoms. The molecule has 1 aromatic rings. The predicted octanol–water partition coefficient (Wildman–Crippen LogP) is 3.87. The molecule has 0 aliphatic heterocycles. The minimum atomic E-state index is -4.31. The summed E-state index contributed by atoms with van der Waals surface area (Å²) in [6.45, 7) is -0.0617. The minimum Gasteiger partial charge on any atom is -0.399 e. The Balaban J connectivity index is 2.57. The van der Waals surface area contributed by atoms with Gasteiger partial charge in [0.25, 0.3) is 6.43 Å². The zero-order chi connectivity index (χ0) is 13.8. The number of hydrogen-bond donors (Lipinski definition) is 2. The van der Waals surface area contributed by atoms with Crippen LogP contribution in [0.1, 0.15) is 12.0 Å². The van der Waals surface area contributed by atoms with E-state index in [1.54, 1.807) is 0 Å². The van der Waals surface area contributed by atoms with Gasteiger partial charge in [-0.15, -0.1) is 0 Å². The van der Waals surface area contributed by atoms with Crippen LogP contribution in [-0.2, 0) is 0 Å². The molecular formula is C10H11F5N2S. The van der Waals surface area contributed by atoms with Crippen LogP contribution >= 0.6 is 11.8 Å². The highest BCUT2D eigenvalue weighted by Gasteiger charge is 2.27. The standard InChI is InChI=1S/C10H11F5N2S/c11-9(12)7-5-6(16)1-2-8(7)17-3-4-18-10(13,14)15/h1-2,5,9,17H,3-4,16H2. The lowest BCUT2D eigenvalue weighted by Gasteiger charge is -2.12. The van der Waals surface area contributed by atoms with E-state index in [1.165, 1.54) is 12.1 Å². The number of thioether (sulfide) groups is 1. The van der Waals surface area contributed by atoms with Crippen LogP contribution in [-0.4, -0.2) is 17.8 Å². The molecule has 0 bridgehead atoms. The average Bonchev–Trinajstić information content (AvgIpc) is 2.24. The van der Waals surface area contributed by atoms with Crippen LogP contribution in [0.3, 0.4) is 0 Å². The van der Waals surface area contributed by atoms with E-state index in [0.717, 1.165) is 6.07 Å². The molecule has 0 saturated heterocycles. The van der Waals surface area contributed by atoms with Crippen molar-refractivity contribution >= 4 is 23.1 Å². The van der Waals surface area contributed by atoms with Gasteiger partial charge in [0.1, 0.15) is 0 Å². The van der Waals surface area contributed by atoms with Crippen LogP contribution in [0.25, 0.3) is 0 Å². The van der Waals surface area contributed by atoms with Crippen molar-refractivity contribution in [2.24, 2.45) is 0 Å². The first-order valence-corrected chi connectivity index (χ1v) is 5.90. The first-order valence-electron chi connectivity index (χ1n) is 4.92. The molecule has 0 atom stereocenters. The van der Waals surface area contributed by atoms with Crippen molar-refractivity contribution in [1.82, 2.24) is 0 Å². The molecule has 0 fully saturated rings. The van der Waals surface area contributed by atoms with E-state index in [4.69, 9.17) is 5.73 Å². The Morgan fingerprint density at radius 1 is 1.28 bits per heavy atom. The predicted molar refractivity (Wildman–Crippen MR) is 62.8 cm³/mol. The molecule has 1 aromatic carbocycles. The molecule has 0 saturated carbocycles. The summed E-state index contributed by atoms with van der Waals surface area (Å²) < 4.78 is 60.8. The van der Waals surface area contributed by atoms with Crippen molar-refractivity contribution in [3.8, 4) is 0 Å². The number of nitrogen functional groups attached to an aromatic ring is 1. The quantitative estimate of drug-likeness (QED) is 0.490. The van der Waals surface area contributed by atoms with Crippen molar-refractivity contribution in [2.75, 3.05) is 23.3 Å². The molecule has 2 nitrogen and oxygen atoms in total. The van der Waals surface area contributed by atoms with E-state index in [1.807, 2.05) is 0 Å². The van der Waals surface area contributed by atoms with Gasteiger partial charge in [0, 0.05) is 29.2 Å². The normalized spacial score (nSPS) is 11.9. The maximum atomic E-state index is 12.6. The molecule has 3 N–H and O–H groups in total. The molecule has 0 radical (unpaired) electrons. The van der Waals surface area contributed by atoms with Gasteiger partial charge in [-0.2, -0.15) is 13.2 Å². The SMILES string of the molecule is Nc1ccc(NCCSC(F)(F)F)c(C(F)F)c1. The third kappa shape index (κ3) is 4.99. The van der Waals surface area contributed by atoms with E-state index in [2.05, 4.69) is 5.32 Å². The Kier molecular flexibility index (Phi) is 5.06. The Morgan fingerprint density at radius 3 is 2.50 bits per heavy atom. The molecule has 102 valence electrons. The highest BCUT2D eigenvalue weighted by atomic mass is 32.2. The van der Waals surface area contributed by atoms with Gasteiger partial charge in [-0.3, -0.25) is 0 Å². The summed E-state index contributed by atoms with van der Waals surface area (Å²) in [5.74, 6) is -0.253. The topological polar surface area (TPSA) is 38.0 Å². The second kappa shape index (κ2) is 6.12. The molecule has 0 aliphatic rings. The fourth-order valence-corrected chi connectivity index (χ4v) is 1.71. The number of anilines is 2. The van der Waals surface area contributed by atoms with Crippen molar-refractivity contribution in [3.05, 3.63) is 23.8 Å². The number of benzene rings is 1. The lowest BCUT2D eigenvalue weighted by molar-refractivity contribution is -0.0327. The number of rotatable bonds is 5. The Morgan fingerprint density at radius 2 is 1.94 bits per heavy atom. The van der Waals surface area contributed by atoms with Gasteiger partial charge >= 0.3 is 5.51 Å². The maximum absolute atomic E-state index is 12.6. The lowest BCUT2D eigenvalue weighted by atomic mass is 10.1. The number of nitrogens with one attached hydrogen (secondary N) is 1. The second-order valence-electron chi connectivity index (χ2n) is 3.37. The van der Waals surface area contributed by atoms with E-state index >= 15 is 0 Å². The lowest BCUT2D eigenvalue weighted by Crippen LogP contribution is -2.10. The van der Waals surface area contributed by atoms with Crippen LogP contribution in [0.4, 0.5) is 33.3 Å². The molecule has 1 rings (SSSR count). The number of alkyl halides is 5. The molecule has 8 heteroatoms. The number of hydrogen-bond acceptors (Lipinski definition) is 3. The highest BCUT2D eigenvalue weighted by Crippen LogP contribution is 2.31. The Bertz CT molecular complexity index is 394. The summed E-state index contributed by atoms with van der Waals surface area (Å²) in [6.07, 6.45) is -2.73. The van der Waals surface area contributed by atoms with Crippen LogP contribution in [0.5, 0.6) is 0 Å². The zero-order valence-electron chi connectivity index (χ0n) is 9.10. The van der Waals surface area contributed by atoms with Crippen molar-refractivity contribution in [1.29, 1.82) is 0 Å². The van der Waals surface area contributed by atoms with Gasteiger partial charge in [0.2, 0.25) is 0 Å². The fraction of sp³-hybridized carbons (Fsp3) is 0.400. The third-order valence-corrected chi connectivity index (χ3v) is 2.73. The molecule has 18 heavy (non-hydrogen) atoms. The summed E-state index contributed by atoms with van der Waals surface area (Å²) in [5.41, 5.74) is 1.02. The van der Waals surface area contributed by atoms with Gasteiger partial charge < -0.3 is 11.1 Å². The van der Waals surface area contributed by atoms with Crippen molar-refractivity contribution in [3.63, 3.8) is 0 Å². The first-order chi connectivity index (χ1) is 8.29. The van der Waals surface area contributed by atoms with Crippen LogP contribution in [0.15, 0.2) is 18.2 Å². The van der Waals surface area contributed by atoms with Gasteiger partial charge in [-0.25, -0.2) is 8.78 Å². The minimum absolute atomic E-state index is 0.0617. The average molecular weight is 286 g/mol. The molecule has 0 aliphatic carbocycles. The third-order valence-electron chi connectivity index (χ3n) is 1.99. The number of nitrogens with two attached hydrogens (primary N) is 1. The van der Waals surface area contributed by atoms with Gasteiger partial charge in [-0.05, 0) is 30.0 Å². The molecule has 0 heterocycles.